The predicted molar refractivity (Wildman–Crippen MR) is 147 cm³/mol. The quantitative estimate of drug-likeness (QED) is 0.134. The molecule has 4 aromatic carbocycles. The Hall–Kier alpha value is -4.54. The van der Waals surface area contributed by atoms with Gasteiger partial charge in [-0.1, -0.05) is 41.9 Å². The number of anilines is 4. The van der Waals surface area contributed by atoms with Crippen molar-refractivity contribution in [3.8, 4) is 0 Å². The van der Waals surface area contributed by atoms with Crippen molar-refractivity contribution in [3.63, 3.8) is 0 Å². The average Bonchev–Trinajstić information content (AvgIpc) is 2.91. The van der Waals surface area contributed by atoms with Gasteiger partial charge in [-0.05, 0) is 65.7 Å². The summed E-state index contributed by atoms with van der Waals surface area (Å²) in [5, 5.41) is 28.8. The van der Waals surface area contributed by atoms with Gasteiger partial charge in [-0.3, -0.25) is 0 Å². The molecule has 5 N–H and O–H groups in total. The van der Waals surface area contributed by atoms with Crippen molar-refractivity contribution >= 4 is 46.3 Å². The van der Waals surface area contributed by atoms with Crippen LogP contribution in [0.3, 0.4) is 0 Å². The second kappa shape index (κ2) is 12.1. The van der Waals surface area contributed by atoms with Gasteiger partial charge in [-0.2, -0.15) is 13.2 Å². The molecule has 0 saturated heterocycles. The molecule has 7 nitrogen and oxygen atoms in total. The number of carboxylic acids is 2. The molecule has 0 aliphatic heterocycles. The number of carbonyl (C=O) groups is 2. The molecule has 0 aliphatic carbocycles. The van der Waals surface area contributed by atoms with Gasteiger partial charge in [0.2, 0.25) is 0 Å². The minimum Gasteiger partial charge on any atom is -0.478 e. The molecule has 0 saturated carbocycles. The van der Waals surface area contributed by atoms with Crippen LogP contribution in [0.4, 0.5) is 35.9 Å². The number of nitrogens with one attached hydrogen (secondary N) is 3. The standard InChI is InChI=1S/C29H23ClF3N3O4/c30-20-9-5-17(6-10-20)15-34-16-18-7-11-24(22(13-18)28(39)40)36-26-14-19(29(31,32)33)8-12-25(26)35-23-4-2-1-3-21(23)27(37)38/h1-14,34-36H,15-16H2,(H,37,38)(H,39,40). The molecule has 0 fully saturated rings. The molecule has 4 aromatic rings. The van der Waals surface area contributed by atoms with E-state index in [4.69, 9.17) is 11.6 Å². The maximum Gasteiger partial charge on any atom is 0.416 e. The van der Waals surface area contributed by atoms with Gasteiger partial charge in [-0.15, -0.1) is 0 Å². The summed E-state index contributed by atoms with van der Waals surface area (Å²) in [6.07, 6.45) is -4.66. The third-order valence-electron chi connectivity index (χ3n) is 5.93. The van der Waals surface area contributed by atoms with Crippen molar-refractivity contribution in [1.82, 2.24) is 5.32 Å². The summed E-state index contributed by atoms with van der Waals surface area (Å²) in [4.78, 5) is 23.7. The van der Waals surface area contributed by atoms with Gasteiger partial charge < -0.3 is 26.2 Å². The van der Waals surface area contributed by atoms with Crippen LogP contribution < -0.4 is 16.0 Å². The van der Waals surface area contributed by atoms with E-state index in [1.807, 2.05) is 12.1 Å². The fourth-order valence-electron chi connectivity index (χ4n) is 3.94. The highest BCUT2D eigenvalue weighted by Crippen LogP contribution is 2.37. The Balaban J connectivity index is 1.62. The summed E-state index contributed by atoms with van der Waals surface area (Å²) in [6, 6.07) is 20.6. The second-order valence-electron chi connectivity index (χ2n) is 8.77. The first kappa shape index (κ1) is 28.5. The van der Waals surface area contributed by atoms with E-state index in [0.29, 0.717) is 23.7 Å². The van der Waals surface area contributed by atoms with Crippen molar-refractivity contribution in [3.05, 3.63) is 118 Å². The van der Waals surface area contributed by atoms with Crippen LogP contribution in [0, 0.1) is 0 Å². The largest absolute Gasteiger partial charge is 0.478 e. The van der Waals surface area contributed by atoms with Crippen LogP contribution in [0.1, 0.15) is 37.4 Å². The second-order valence-corrected chi connectivity index (χ2v) is 9.21. The highest BCUT2D eigenvalue weighted by atomic mass is 35.5. The zero-order chi connectivity index (χ0) is 28.9. The topological polar surface area (TPSA) is 111 Å². The molecule has 0 heterocycles. The normalized spacial score (nSPS) is 11.2. The van der Waals surface area contributed by atoms with E-state index in [0.717, 1.165) is 23.8 Å². The predicted octanol–water partition coefficient (Wildman–Crippen LogP) is 7.53. The fraction of sp³-hybridized carbons (Fsp3) is 0.103. The van der Waals surface area contributed by atoms with Gasteiger partial charge in [0.25, 0.3) is 0 Å². The highest BCUT2D eigenvalue weighted by molar-refractivity contribution is 6.30. The van der Waals surface area contributed by atoms with Crippen LogP contribution in [0.25, 0.3) is 0 Å². The van der Waals surface area contributed by atoms with E-state index in [2.05, 4.69) is 16.0 Å². The average molecular weight is 570 g/mol. The Labute approximate surface area is 232 Å². The molecule has 4 rings (SSSR count). The first-order chi connectivity index (χ1) is 19.0. The van der Waals surface area contributed by atoms with E-state index in [9.17, 15) is 33.0 Å². The molecule has 0 unspecified atom stereocenters. The summed E-state index contributed by atoms with van der Waals surface area (Å²) in [7, 11) is 0. The Morgan fingerprint density at radius 1 is 0.675 bits per heavy atom. The summed E-state index contributed by atoms with van der Waals surface area (Å²) < 4.78 is 40.6. The molecule has 0 amide bonds. The number of carboxylic acid groups (broad SMARTS) is 2. The number of hydrogen-bond donors (Lipinski definition) is 5. The number of aromatic carboxylic acids is 2. The number of rotatable bonds is 10. The monoisotopic (exact) mass is 569 g/mol. The minimum atomic E-state index is -4.66. The number of para-hydroxylation sites is 1. The summed E-state index contributed by atoms with van der Waals surface area (Å²) in [5.74, 6) is -2.50. The SMILES string of the molecule is O=C(O)c1ccccc1Nc1ccc(C(F)(F)F)cc1Nc1ccc(CNCc2ccc(Cl)cc2)cc1C(=O)O. The summed E-state index contributed by atoms with van der Waals surface area (Å²) in [5.41, 5.74) is 0.658. The van der Waals surface area contributed by atoms with Crippen LogP contribution in [0.15, 0.2) is 84.9 Å². The molecule has 206 valence electrons. The van der Waals surface area contributed by atoms with Gasteiger partial charge in [0.05, 0.1) is 39.4 Å². The molecule has 0 spiro atoms. The lowest BCUT2D eigenvalue weighted by Crippen LogP contribution is -2.14. The van der Waals surface area contributed by atoms with Crippen molar-refractivity contribution < 1.29 is 33.0 Å². The van der Waals surface area contributed by atoms with E-state index in [1.54, 1.807) is 24.3 Å². The molecule has 40 heavy (non-hydrogen) atoms. The lowest BCUT2D eigenvalue weighted by Gasteiger charge is -2.19. The zero-order valence-corrected chi connectivity index (χ0v) is 21.5. The molecule has 0 aliphatic rings. The van der Waals surface area contributed by atoms with E-state index in [-0.39, 0.29) is 33.9 Å². The van der Waals surface area contributed by atoms with Crippen LogP contribution in [-0.4, -0.2) is 22.2 Å². The molecule has 0 radical (unpaired) electrons. The number of halogens is 4. The Bertz CT molecular complexity index is 1540. The molecular formula is C29H23ClF3N3O4. The maximum absolute atomic E-state index is 13.5. The van der Waals surface area contributed by atoms with Gasteiger partial charge in [0, 0.05) is 18.1 Å². The van der Waals surface area contributed by atoms with Gasteiger partial charge in [-0.25, -0.2) is 9.59 Å². The highest BCUT2D eigenvalue weighted by Gasteiger charge is 2.31. The van der Waals surface area contributed by atoms with Gasteiger partial charge in [0.1, 0.15) is 0 Å². The van der Waals surface area contributed by atoms with Crippen LogP contribution >= 0.6 is 11.6 Å². The van der Waals surface area contributed by atoms with E-state index in [1.165, 1.54) is 30.3 Å². The van der Waals surface area contributed by atoms with Crippen LogP contribution in [0.2, 0.25) is 5.02 Å². The van der Waals surface area contributed by atoms with Crippen molar-refractivity contribution in [2.75, 3.05) is 10.6 Å². The lowest BCUT2D eigenvalue weighted by molar-refractivity contribution is -0.137. The first-order valence-corrected chi connectivity index (χ1v) is 12.3. The van der Waals surface area contributed by atoms with E-state index < -0.39 is 23.7 Å². The molecule has 11 heteroatoms. The first-order valence-electron chi connectivity index (χ1n) is 11.9. The number of alkyl halides is 3. The zero-order valence-electron chi connectivity index (χ0n) is 20.7. The smallest absolute Gasteiger partial charge is 0.416 e. The third-order valence-corrected chi connectivity index (χ3v) is 6.18. The van der Waals surface area contributed by atoms with E-state index >= 15 is 0 Å². The van der Waals surface area contributed by atoms with Gasteiger partial charge in [0.15, 0.2) is 0 Å². The molecule has 0 atom stereocenters. The summed E-state index contributed by atoms with van der Waals surface area (Å²) in [6.45, 7) is 0.849. The number of benzene rings is 4. The third kappa shape index (κ3) is 7.10. The van der Waals surface area contributed by atoms with Crippen LogP contribution in [0.5, 0.6) is 0 Å². The van der Waals surface area contributed by atoms with Crippen molar-refractivity contribution in [1.29, 1.82) is 0 Å². The Morgan fingerprint density at radius 2 is 1.25 bits per heavy atom. The summed E-state index contributed by atoms with van der Waals surface area (Å²) >= 11 is 5.90. The van der Waals surface area contributed by atoms with Crippen LogP contribution in [-0.2, 0) is 19.3 Å². The van der Waals surface area contributed by atoms with Crippen molar-refractivity contribution in [2.45, 2.75) is 19.3 Å². The molecule has 0 aromatic heterocycles. The number of hydrogen-bond acceptors (Lipinski definition) is 5. The Kier molecular flexibility index (Phi) is 8.61. The van der Waals surface area contributed by atoms with Crippen molar-refractivity contribution in [2.24, 2.45) is 0 Å². The lowest BCUT2D eigenvalue weighted by atomic mass is 10.1. The van der Waals surface area contributed by atoms with Gasteiger partial charge >= 0.3 is 18.1 Å². The maximum atomic E-state index is 13.5. The minimum absolute atomic E-state index is 0.0582. The Morgan fingerprint density at radius 3 is 1.93 bits per heavy atom. The molecular weight excluding hydrogens is 547 g/mol. The fourth-order valence-corrected chi connectivity index (χ4v) is 4.07. The molecule has 0 bridgehead atoms.